The van der Waals surface area contributed by atoms with Crippen LogP contribution < -0.4 is 26.4 Å². The number of rotatable bonds is 23. The zero-order valence-corrected chi connectivity index (χ0v) is 49.1. The number of unbranched alkanes of at least 4 members (excludes halogenated alkanes) is 15. The maximum atomic E-state index is 14.2. The predicted octanol–water partition coefficient (Wildman–Crippen LogP) is 21.2. The Balaban J connectivity index is 0.000000328. The van der Waals surface area contributed by atoms with Crippen molar-refractivity contribution < 1.29 is 110 Å². The van der Waals surface area contributed by atoms with Crippen molar-refractivity contribution in [1.82, 2.24) is 0 Å². The normalized spacial score (nSPS) is 13.2. The Morgan fingerprint density at radius 1 is 0.283 bits per heavy atom. The van der Waals surface area contributed by atoms with E-state index in [2.05, 4.69) is 78.2 Å². The van der Waals surface area contributed by atoms with Crippen LogP contribution in [0.25, 0.3) is 10.9 Å². The number of halogens is 24. The van der Waals surface area contributed by atoms with Crippen LogP contribution in [-0.4, -0.2) is 6.15 Å². The lowest BCUT2D eigenvalue weighted by Crippen LogP contribution is -2.75. The molecule has 0 aliphatic heterocycles. The number of aromatic nitrogens is 1. The lowest BCUT2D eigenvalue weighted by Gasteiger charge is -2.46. The van der Waals surface area contributed by atoms with Gasteiger partial charge in [0.05, 0.1) is 44.5 Å². The van der Waals surface area contributed by atoms with Gasteiger partial charge in [0.1, 0.15) is 6.15 Å². The molecule has 0 N–H and O–H groups in total. The van der Waals surface area contributed by atoms with E-state index in [9.17, 15) is 105 Å². The van der Waals surface area contributed by atoms with Crippen LogP contribution in [0.1, 0.15) is 165 Å². The molecule has 0 amide bonds. The molecule has 1 heterocycles. The fraction of sp³-hybridized carbons (Fsp3) is 0.409. The van der Waals surface area contributed by atoms with Crippen molar-refractivity contribution in [3.63, 3.8) is 0 Å². The number of pyridine rings is 1. The third-order valence-corrected chi connectivity index (χ3v) is 15.9. The zero-order valence-electron chi connectivity index (χ0n) is 49.1. The summed E-state index contributed by atoms with van der Waals surface area (Å²) < 4.78 is 343. The van der Waals surface area contributed by atoms with Gasteiger partial charge in [-0.15, -0.1) is 0 Å². The van der Waals surface area contributed by atoms with Crippen LogP contribution in [0.3, 0.4) is 0 Å². The van der Waals surface area contributed by atoms with E-state index in [1.807, 2.05) is 0 Å². The minimum atomic E-state index is -6.13. The van der Waals surface area contributed by atoms with E-state index in [0.717, 1.165) is 6.54 Å². The Labute approximate surface area is 514 Å². The molecule has 1 aromatic heterocycles. The first kappa shape index (κ1) is 74.2. The second kappa shape index (κ2) is 30.0. The summed E-state index contributed by atoms with van der Waals surface area (Å²) >= 11 is 0. The summed E-state index contributed by atoms with van der Waals surface area (Å²) in [5.74, 6) is 0. The molecule has 6 aromatic carbocycles. The minimum absolute atomic E-state index is 0.691. The van der Waals surface area contributed by atoms with Crippen LogP contribution in [0.15, 0.2) is 140 Å². The molecule has 0 aliphatic carbocycles. The molecule has 0 radical (unpaired) electrons. The lowest BCUT2D eigenvalue weighted by atomic mass is 9.12. The second-order valence-corrected chi connectivity index (χ2v) is 22.7. The lowest BCUT2D eigenvalue weighted by molar-refractivity contribution is -0.670. The van der Waals surface area contributed by atoms with Crippen molar-refractivity contribution in [2.75, 3.05) is 0 Å². The summed E-state index contributed by atoms with van der Waals surface area (Å²) in [4.78, 5) is 0. The Morgan fingerprint density at radius 3 is 0.826 bits per heavy atom. The van der Waals surface area contributed by atoms with Crippen molar-refractivity contribution in [3.05, 3.63) is 195 Å². The van der Waals surface area contributed by atoms with Crippen LogP contribution in [-0.2, 0) is 62.4 Å². The first-order chi connectivity index (χ1) is 42.6. The zero-order chi connectivity index (χ0) is 68.3. The predicted molar refractivity (Wildman–Crippen MR) is 303 cm³/mol. The highest BCUT2D eigenvalue weighted by Gasteiger charge is 2.47. The molecule has 0 saturated heterocycles. The average Bonchev–Trinajstić information content (AvgIpc) is 0.709. The topological polar surface area (TPSA) is 3.88 Å². The molecular formula is C66H62BF24N. The monoisotopic (exact) mass is 1340 g/mol. The van der Waals surface area contributed by atoms with Crippen molar-refractivity contribution >= 4 is 38.9 Å². The number of para-hydroxylation sites is 1. The summed E-state index contributed by atoms with van der Waals surface area (Å²) in [6.07, 6.45) is -30.8. The number of hydrogen-bond donors (Lipinski definition) is 0. The molecule has 7 aromatic rings. The molecule has 502 valence electrons. The summed E-state index contributed by atoms with van der Waals surface area (Å²) in [6.45, 7) is 3.25. The largest absolute Gasteiger partial charge is 0.416 e. The molecule has 92 heavy (non-hydrogen) atoms. The summed E-state index contributed by atoms with van der Waals surface area (Å²) in [6, 6.07) is 15.6. The standard InChI is InChI=1S/C34H50N.C32H12BF24/c1-2-3-4-5-6-7-8-9-10-11-12-13-14-15-16-20-26-33-29-28-32-25-21-22-27-34(32)35(33)30-31-23-18-17-19-24-31;34-25(35,36)13-1-14(26(37,38)39)6-21(5-13)33(22-7-15(27(40,41)42)2-16(8-22)28(43,44)45,23-9-17(29(46,47)48)3-18(10-23)30(49,50)51)24-11-19(31(52,53)54)4-20(12-24)32(55,56)57/h17-19,21-25,27-29H,2-16,20,26,30H2,1H3;1-12H/q+1;-1. The Hall–Kier alpha value is -6.89. The number of hydrogen-bond acceptors (Lipinski definition) is 0. The van der Waals surface area contributed by atoms with E-state index in [1.54, 1.807) is 0 Å². The van der Waals surface area contributed by atoms with E-state index < -0.39 is 195 Å². The van der Waals surface area contributed by atoms with Gasteiger partial charge in [0, 0.05) is 29.5 Å². The van der Waals surface area contributed by atoms with Gasteiger partial charge in [0.2, 0.25) is 5.52 Å². The third kappa shape index (κ3) is 20.1. The number of fused-ring (bicyclic) bond motifs is 1. The molecular weight excluding hydrogens is 1270 g/mol. The van der Waals surface area contributed by atoms with Crippen molar-refractivity contribution in [1.29, 1.82) is 0 Å². The van der Waals surface area contributed by atoms with Gasteiger partial charge in [-0.2, -0.15) is 132 Å². The van der Waals surface area contributed by atoms with Crippen molar-refractivity contribution in [2.45, 2.75) is 172 Å². The molecule has 0 unspecified atom stereocenters. The van der Waals surface area contributed by atoms with Gasteiger partial charge in [0.15, 0.2) is 12.2 Å². The van der Waals surface area contributed by atoms with E-state index >= 15 is 0 Å². The van der Waals surface area contributed by atoms with Crippen LogP contribution in [0.5, 0.6) is 0 Å². The molecule has 26 heteroatoms. The van der Waals surface area contributed by atoms with Gasteiger partial charge in [-0.05, 0) is 42.8 Å². The van der Waals surface area contributed by atoms with Gasteiger partial charge in [-0.3, -0.25) is 0 Å². The van der Waals surface area contributed by atoms with Crippen LogP contribution >= 0.6 is 0 Å². The van der Waals surface area contributed by atoms with Crippen molar-refractivity contribution in [2.24, 2.45) is 0 Å². The molecule has 1 nitrogen and oxygen atoms in total. The first-order valence-electron chi connectivity index (χ1n) is 29.4. The SMILES string of the molecule is CCCCCCCCCCCCCCCCCCc1ccc2ccccc2[n+]1Cc1ccccc1.FC(F)(F)c1cc([B-](c2cc(C(F)(F)F)cc(C(F)(F)F)c2)(c2cc(C(F)(F)F)cc(C(F)(F)F)c2)c2cc(C(F)(F)F)cc(C(F)(F)F)c2)cc(C(F)(F)F)c1. The smallest absolute Gasteiger partial charge is 0.194 e. The third-order valence-electron chi connectivity index (χ3n) is 15.9. The highest BCUT2D eigenvalue weighted by atomic mass is 19.4. The minimum Gasteiger partial charge on any atom is -0.194 e. The van der Waals surface area contributed by atoms with E-state index in [0.29, 0.717) is 0 Å². The molecule has 0 saturated carbocycles. The van der Waals surface area contributed by atoms with Crippen molar-refractivity contribution in [3.8, 4) is 0 Å². The number of aryl methyl sites for hydroxylation is 1. The Morgan fingerprint density at radius 2 is 0.543 bits per heavy atom. The molecule has 0 fully saturated rings. The second-order valence-electron chi connectivity index (χ2n) is 22.7. The fourth-order valence-corrected chi connectivity index (χ4v) is 11.4. The van der Waals surface area contributed by atoms with E-state index in [1.165, 1.54) is 131 Å². The van der Waals surface area contributed by atoms with E-state index in [-0.39, 0.29) is 0 Å². The van der Waals surface area contributed by atoms with Gasteiger partial charge in [0.25, 0.3) is 0 Å². The van der Waals surface area contributed by atoms with Crippen LogP contribution in [0.2, 0.25) is 0 Å². The summed E-state index contributed by atoms with van der Waals surface area (Å²) in [5, 5.41) is 1.33. The molecule has 0 spiro atoms. The number of alkyl halides is 24. The van der Waals surface area contributed by atoms with Gasteiger partial charge >= 0.3 is 49.4 Å². The fourth-order valence-electron chi connectivity index (χ4n) is 11.4. The maximum absolute atomic E-state index is 14.2. The Kier molecular flexibility index (Phi) is 24.2. The summed E-state index contributed by atoms with van der Waals surface area (Å²) in [7, 11) is 0. The Bertz CT molecular complexity index is 3080. The van der Waals surface area contributed by atoms with E-state index in [4.69, 9.17) is 0 Å². The highest BCUT2D eigenvalue weighted by Crippen LogP contribution is 2.42. The highest BCUT2D eigenvalue weighted by molar-refractivity contribution is 7.20. The molecule has 0 aliphatic rings. The molecule has 0 atom stereocenters. The first-order valence-corrected chi connectivity index (χ1v) is 29.4. The average molecular weight is 1340 g/mol. The number of benzene rings is 6. The molecule has 0 bridgehead atoms. The van der Waals surface area contributed by atoms with Crippen LogP contribution in [0.4, 0.5) is 105 Å². The quantitative estimate of drug-likeness (QED) is 0.0260. The maximum Gasteiger partial charge on any atom is 0.416 e. The van der Waals surface area contributed by atoms with Gasteiger partial charge in [-0.25, -0.2) is 0 Å². The van der Waals surface area contributed by atoms with Crippen LogP contribution in [0, 0.1) is 0 Å². The van der Waals surface area contributed by atoms with Gasteiger partial charge < -0.3 is 0 Å². The number of nitrogens with zero attached hydrogens (tertiary/aromatic N) is 1. The molecule has 7 rings (SSSR count). The van der Waals surface area contributed by atoms with Gasteiger partial charge in [-0.1, -0.05) is 194 Å². The summed E-state index contributed by atoms with van der Waals surface area (Å²) in [5.41, 5.74) is -26.0.